The Balaban J connectivity index is 1.89. The van der Waals surface area contributed by atoms with E-state index in [1.54, 1.807) is 42.5 Å². The van der Waals surface area contributed by atoms with Gasteiger partial charge >= 0.3 is 0 Å². The predicted molar refractivity (Wildman–Crippen MR) is 97.5 cm³/mol. The maximum Gasteiger partial charge on any atom is 0.293 e. The lowest BCUT2D eigenvalue weighted by atomic mass is 10.1. The van der Waals surface area contributed by atoms with Gasteiger partial charge in [0.25, 0.3) is 11.1 Å². The molecular weight excluding hydrogens is 357 g/mol. The maximum atomic E-state index is 13.8. The van der Waals surface area contributed by atoms with Crippen LogP contribution in [-0.2, 0) is 11.3 Å². The summed E-state index contributed by atoms with van der Waals surface area (Å²) in [4.78, 5) is 26.1. The van der Waals surface area contributed by atoms with E-state index in [0.29, 0.717) is 17.1 Å². The van der Waals surface area contributed by atoms with Gasteiger partial charge in [0.1, 0.15) is 17.3 Å². The lowest BCUT2D eigenvalue weighted by Gasteiger charge is -2.13. The Kier molecular flexibility index (Phi) is 5.27. The number of halogens is 1. The van der Waals surface area contributed by atoms with Gasteiger partial charge in [-0.3, -0.25) is 14.5 Å². The number of benzene rings is 2. The fourth-order valence-electron chi connectivity index (χ4n) is 2.53. The van der Waals surface area contributed by atoms with Crippen molar-refractivity contribution in [3.05, 3.63) is 64.3 Å². The lowest BCUT2D eigenvalue weighted by molar-refractivity contribution is -0.123. The summed E-state index contributed by atoms with van der Waals surface area (Å²) in [6.07, 6.45) is 1.58. The Morgan fingerprint density at radius 1 is 1.12 bits per heavy atom. The van der Waals surface area contributed by atoms with Gasteiger partial charge in [0.15, 0.2) is 0 Å². The number of ether oxygens (including phenoxy) is 2. The quantitative estimate of drug-likeness (QED) is 0.739. The Labute approximate surface area is 154 Å². The van der Waals surface area contributed by atoms with Crippen molar-refractivity contribution in [2.75, 3.05) is 14.2 Å². The molecule has 1 saturated heterocycles. The number of carbonyl (C=O) groups is 2. The van der Waals surface area contributed by atoms with Gasteiger partial charge in [0.05, 0.1) is 25.7 Å². The van der Waals surface area contributed by atoms with Crippen molar-refractivity contribution in [3.8, 4) is 11.5 Å². The minimum absolute atomic E-state index is 0.107. The van der Waals surface area contributed by atoms with Crippen LogP contribution in [0.15, 0.2) is 47.4 Å². The second kappa shape index (κ2) is 7.61. The van der Waals surface area contributed by atoms with Gasteiger partial charge in [-0.2, -0.15) is 0 Å². The number of hydrogen-bond acceptors (Lipinski definition) is 5. The molecule has 1 aliphatic rings. The summed E-state index contributed by atoms with van der Waals surface area (Å²) < 4.78 is 24.3. The summed E-state index contributed by atoms with van der Waals surface area (Å²) in [6, 6.07) is 11.2. The van der Waals surface area contributed by atoms with Crippen LogP contribution < -0.4 is 9.47 Å². The first-order valence-corrected chi connectivity index (χ1v) is 8.56. The minimum atomic E-state index is -0.465. The van der Waals surface area contributed by atoms with Crippen LogP contribution in [0.5, 0.6) is 11.5 Å². The van der Waals surface area contributed by atoms with Crippen LogP contribution in [0.3, 0.4) is 0 Å². The van der Waals surface area contributed by atoms with Crippen LogP contribution >= 0.6 is 11.8 Å². The van der Waals surface area contributed by atoms with Crippen molar-refractivity contribution in [3.63, 3.8) is 0 Å². The van der Waals surface area contributed by atoms with Gasteiger partial charge in [0, 0.05) is 11.1 Å². The van der Waals surface area contributed by atoms with Gasteiger partial charge in [-0.15, -0.1) is 0 Å². The number of amides is 2. The smallest absolute Gasteiger partial charge is 0.293 e. The van der Waals surface area contributed by atoms with Crippen molar-refractivity contribution in [2.24, 2.45) is 0 Å². The highest BCUT2D eigenvalue weighted by atomic mass is 32.2. The van der Waals surface area contributed by atoms with Gasteiger partial charge in [-0.1, -0.05) is 18.2 Å². The second-order valence-electron chi connectivity index (χ2n) is 5.47. The summed E-state index contributed by atoms with van der Waals surface area (Å²) in [5.41, 5.74) is 0.901. The molecule has 7 heteroatoms. The van der Waals surface area contributed by atoms with Gasteiger partial charge in [-0.25, -0.2) is 4.39 Å². The maximum absolute atomic E-state index is 13.8. The fourth-order valence-corrected chi connectivity index (χ4v) is 3.36. The number of methoxy groups -OCH3 is 2. The molecule has 0 unspecified atom stereocenters. The molecule has 0 radical (unpaired) electrons. The first kappa shape index (κ1) is 18.0. The molecule has 5 nitrogen and oxygen atoms in total. The van der Waals surface area contributed by atoms with Crippen LogP contribution in [0, 0.1) is 5.82 Å². The molecule has 2 aromatic carbocycles. The number of nitrogens with zero attached hydrogens (tertiary/aromatic N) is 1. The standard InChI is InChI=1S/C19H16FNO4S/c1-24-14-7-8-16(25-2)13(9-14)10-17-18(22)21(19(23)26-17)11-12-5-3-4-6-15(12)20/h3-10H,11H2,1-2H3/b17-10+. The summed E-state index contributed by atoms with van der Waals surface area (Å²) in [6.45, 7) is -0.107. The van der Waals surface area contributed by atoms with E-state index in [1.807, 2.05) is 0 Å². The molecule has 0 aromatic heterocycles. The van der Waals surface area contributed by atoms with Crippen LogP contribution in [0.4, 0.5) is 9.18 Å². The van der Waals surface area contributed by atoms with Crippen molar-refractivity contribution in [1.29, 1.82) is 0 Å². The minimum Gasteiger partial charge on any atom is -0.497 e. The molecule has 1 fully saturated rings. The number of imide groups is 1. The molecular formula is C19H16FNO4S. The highest BCUT2D eigenvalue weighted by molar-refractivity contribution is 8.18. The normalized spacial score (nSPS) is 15.7. The van der Waals surface area contributed by atoms with Crippen LogP contribution in [-0.4, -0.2) is 30.3 Å². The van der Waals surface area contributed by atoms with E-state index >= 15 is 0 Å². The molecule has 3 rings (SSSR count). The van der Waals surface area contributed by atoms with Crippen LogP contribution in [0.2, 0.25) is 0 Å². The largest absolute Gasteiger partial charge is 0.497 e. The average molecular weight is 373 g/mol. The van der Waals surface area contributed by atoms with Crippen molar-refractivity contribution >= 4 is 29.0 Å². The first-order chi connectivity index (χ1) is 12.5. The van der Waals surface area contributed by atoms with Gasteiger partial charge < -0.3 is 9.47 Å². The van der Waals surface area contributed by atoms with Crippen molar-refractivity contribution in [2.45, 2.75) is 6.54 Å². The van der Waals surface area contributed by atoms with Crippen LogP contribution in [0.1, 0.15) is 11.1 Å². The monoisotopic (exact) mass is 373 g/mol. The summed E-state index contributed by atoms with van der Waals surface area (Å²) >= 11 is 0.814. The van der Waals surface area contributed by atoms with E-state index in [2.05, 4.69) is 0 Å². The van der Waals surface area contributed by atoms with E-state index < -0.39 is 17.0 Å². The zero-order valence-corrected chi connectivity index (χ0v) is 15.0. The summed E-state index contributed by atoms with van der Waals surface area (Å²) in [5.74, 6) is 0.229. The predicted octanol–water partition coefficient (Wildman–Crippen LogP) is 4.08. The van der Waals surface area contributed by atoms with Gasteiger partial charge in [0.2, 0.25) is 0 Å². The highest BCUT2D eigenvalue weighted by Gasteiger charge is 2.35. The molecule has 26 heavy (non-hydrogen) atoms. The van der Waals surface area contributed by atoms with E-state index in [0.717, 1.165) is 16.7 Å². The van der Waals surface area contributed by atoms with Gasteiger partial charge in [-0.05, 0) is 42.1 Å². The molecule has 1 aliphatic heterocycles. The van der Waals surface area contributed by atoms with Crippen molar-refractivity contribution < 1.29 is 23.5 Å². The Bertz CT molecular complexity index is 897. The zero-order valence-electron chi connectivity index (χ0n) is 14.2. The molecule has 0 aliphatic carbocycles. The summed E-state index contributed by atoms with van der Waals surface area (Å²) in [5, 5.41) is -0.439. The number of rotatable bonds is 5. The third-order valence-corrected chi connectivity index (χ3v) is 4.79. The van der Waals surface area contributed by atoms with E-state index in [-0.39, 0.29) is 17.0 Å². The van der Waals surface area contributed by atoms with E-state index in [9.17, 15) is 14.0 Å². The fraction of sp³-hybridized carbons (Fsp3) is 0.158. The molecule has 134 valence electrons. The van der Waals surface area contributed by atoms with E-state index in [1.165, 1.54) is 20.3 Å². The number of thioether (sulfide) groups is 1. The Morgan fingerprint density at radius 3 is 2.58 bits per heavy atom. The average Bonchev–Trinajstić information content (AvgIpc) is 2.90. The van der Waals surface area contributed by atoms with E-state index in [4.69, 9.17) is 9.47 Å². The van der Waals surface area contributed by atoms with Crippen molar-refractivity contribution in [1.82, 2.24) is 4.90 Å². The zero-order chi connectivity index (χ0) is 18.7. The molecule has 0 bridgehead atoms. The topological polar surface area (TPSA) is 55.8 Å². The molecule has 0 saturated carbocycles. The number of hydrogen-bond donors (Lipinski definition) is 0. The van der Waals surface area contributed by atoms with Crippen LogP contribution in [0.25, 0.3) is 6.08 Å². The number of carbonyl (C=O) groups excluding carboxylic acids is 2. The second-order valence-corrected chi connectivity index (χ2v) is 6.46. The Morgan fingerprint density at radius 2 is 1.88 bits per heavy atom. The molecule has 1 heterocycles. The molecule has 2 amide bonds. The summed E-state index contributed by atoms with van der Waals surface area (Å²) in [7, 11) is 3.05. The lowest BCUT2D eigenvalue weighted by Crippen LogP contribution is -2.27. The molecule has 0 N–H and O–H groups in total. The molecule has 0 atom stereocenters. The SMILES string of the molecule is COc1ccc(OC)c(/C=C2/SC(=O)N(Cc3ccccc3F)C2=O)c1. The third kappa shape index (κ3) is 3.57. The molecule has 0 spiro atoms. The highest BCUT2D eigenvalue weighted by Crippen LogP contribution is 2.36. The first-order valence-electron chi connectivity index (χ1n) is 7.74. The Hall–Kier alpha value is -2.80. The molecule has 2 aromatic rings. The third-order valence-electron chi connectivity index (χ3n) is 3.88.